The summed E-state index contributed by atoms with van der Waals surface area (Å²) in [5.74, 6) is 0.491. The van der Waals surface area contributed by atoms with Gasteiger partial charge in [0, 0.05) is 17.3 Å². The molecule has 1 aliphatic carbocycles. The molecule has 0 atom stereocenters. The number of carbonyl (C=O) groups is 1. The molecule has 1 saturated carbocycles. The van der Waals surface area contributed by atoms with E-state index in [9.17, 15) is 13.2 Å². The summed E-state index contributed by atoms with van der Waals surface area (Å²) >= 11 is 0. The molecule has 1 fully saturated rings. The van der Waals surface area contributed by atoms with Crippen molar-refractivity contribution in [2.24, 2.45) is 0 Å². The summed E-state index contributed by atoms with van der Waals surface area (Å²) in [6.07, 6.45) is 3.21. The molecule has 1 amide bonds. The molecule has 2 N–H and O–H groups in total. The summed E-state index contributed by atoms with van der Waals surface area (Å²) in [7, 11) is -2.39. The molecule has 32 heavy (non-hydrogen) atoms. The van der Waals surface area contributed by atoms with Gasteiger partial charge >= 0.3 is 0 Å². The molecule has 1 heterocycles. The highest BCUT2D eigenvalue weighted by Crippen LogP contribution is 2.28. The predicted octanol–water partition coefficient (Wildman–Crippen LogP) is 3.70. The second-order valence-electron chi connectivity index (χ2n) is 7.49. The topological polar surface area (TPSA) is 107 Å². The van der Waals surface area contributed by atoms with E-state index in [4.69, 9.17) is 13.9 Å². The van der Waals surface area contributed by atoms with Crippen molar-refractivity contribution in [3.63, 3.8) is 0 Å². The van der Waals surface area contributed by atoms with Crippen LogP contribution in [0.2, 0.25) is 0 Å². The number of ether oxygens (including phenoxy) is 2. The van der Waals surface area contributed by atoms with Gasteiger partial charge in [0.2, 0.25) is 10.0 Å². The fraction of sp³-hybridized carbons (Fsp3) is 0.261. The molecule has 0 saturated heterocycles. The molecule has 1 aliphatic rings. The lowest BCUT2D eigenvalue weighted by Crippen LogP contribution is -2.26. The van der Waals surface area contributed by atoms with E-state index >= 15 is 0 Å². The van der Waals surface area contributed by atoms with Crippen molar-refractivity contribution in [3.8, 4) is 5.75 Å². The van der Waals surface area contributed by atoms with Gasteiger partial charge in [-0.15, -0.1) is 0 Å². The van der Waals surface area contributed by atoms with Crippen LogP contribution in [0.3, 0.4) is 0 Å². The van der Waals surface area contributed by atoms with Gasteiger partial charge in [0.15, 0.2) is 0 Å². The molecule has 0 unspecified atom stereocenters. The molecule has 2 aromatic carbocycles. The standard InChI is InChI=1S/C23H24N2O6S/c1-29-21-10-7-17(13-22(21)32(27,28)25-18-8-9-18)23(26)24-19-5-2-4-16(12-19)14-30-15-20-6-3-11-31-20/h2-7,10-13,18,25H,8-9,14-15H2,1H3,(H,24,26). The van der Waals surface area contributed by atoms with Crippen molar-refractivity contribution < 1.29 is 27.1 Å². The Balaban J connectivity index is 1.44. The van der Waals surface area contributed by atoms with Gasteiger partial charge in [0.05, 0.1) is 20.0 Å². The molecule has 3 aromatic rings. The lowest BCUT2D eigenvalue weighted by Gasteiger charge is -2.13. The Labute approximate surface area is 186 Å². The summed E-state index contributed by atoms with van der Waals surface area (Å²) in [4.78, 5) is 12.7. The van der Waals surface area contributed by atoms with Gasteiger partial charge in [0.25, 0.3) is 5.91 Å². The number of rotatable bonds is 10. The zero-order valence-electron chi connectivity index (χ0n) is 17.5. The van der Waals surface area contributed by atoms with Crippen LogP contribution in [0.15, 0.2) is 70.2 Å². The van der Waals surface area contributed by atoms with Gasteiger partial charge in [-0.25, -0.2) is 13.1 Å². The van der Waals surface area contributed by atoms with E-state index in [1.165, 1.54) is 25.3 Å². The molecular formula is C23H24N2O6S. The minimum Gasteiger partial charge on any atom is -0.495 e. The van der Waals surface area contributed by atoms with Crippen LogP contribution >= 0.6 is 0 Å². The van der Waals surface area contributed by atoms with Crippen LogP contribution in [0.1, 0.15) is 34.5 Å². The summed E-state index contributed by atoms with van der Waals surface area (Å²) in [6.45, 7) is 0.698. The highest BCUT2D eigenvalue weighted by Gasteiger charge is 2.30. The molecule has 1 aromatic heterocycles. The molecule has 0 aliphatic heterocycles. The Hall–Kier alpha value is -3.14. The number of sulfonamides is 1. The maximum absolute atomic E-state index is 12.8. The van der Waals surface area contributed by atoms with E-state index < -0.39 is 15.9 Å². The van der Waals surface area contributed by atoms with E-state index in [0.717, 1.165) is 24.2 Å². The van der Waals surface area contributed by atoms with Gasteiger partial charge < -0.3 is 19.2 Å². The lowest BCUT2D eigenvalue weighted by molar-refractivity contribution is 0.0929. The van der Waals surface area contributed by atoms with Crippen molar-refractivity contribution in [1.29, 1.82) is 0 Å². The van der Waals surface area contributed by atoms with Crippen molar-refractivity contribution >= 4 is 21.6 Å². The minimum atomic E-state index is -3.78. The van der Waals surface area contributed by atoms with Crippen molar-refractivity contribution in [3.05, 3.63) is 77.7 Å². The van der Waals surface area contributed by atoms with Crippen LogP contribution < -0.4 is 14.8 Å². The van der Waals surface area contributed by atoms with Gasteiger partial charge in [0.1, 0.15) is 23.0 Å². The van der Waals surface area contributed by atoms with E-state index in [1.807, 2.05) is 18.2 Å². The molecular weight excluding hydrogens is 432 g/mol. The SMILES string of the molecule is COc1ccc(C(=O)Nc2cccc(COCc3ccco3)c2)cc1S(=O)(=O)NC1CC1. The third-order valence-electron chi connectivity index (χ3n) is 4.89. The number of nitrogens with one attached hydrogen (secondary N) is 2. The van der Waals surface area contributed by atoms with Crippen LogP contribution in [-0.2, 0) is 28.0 Å². The molecule has 4 rings (SSSR count). The molecule has 8 nitrogen and oxygen atoms in total. The first-order valence-electron chi connectivity index (χ1n) is 10.2. The summed E-state index contributed by atoms with van der Waals surface area (Å²) < 4.78 is 44.0. The Morgan fingerprint density at radius 1 is 1.09 bits per heavy atom. The average Bonchev–Trinajstić information content (AvgIpc) is 3.43. The number of carbonyl (C=O) groups excluding carboxylic acids is 1. The number of methoxy groups -OCH3 is 1. The zero-order valence-corrected chi connectivity index (χ0v) is 18.4. The highest BCUT2D eigenvalue weighted by atomic mass is 32.2. The maximum atomic E-state index is 12.8. The Bertz CT molecular complexity index is 1190. The van der Waals surface area contributed by atoms with Gasteiger partial charge in [-0.2, -0.15) is 0 Å². The first-order valence-corrected chi connectivity index (χ1v) is 11.6. The van der Waals surface area contributed by atoms with Crippen LogP contribution in [0.4, 0.5) is 5.69 Å². The van der Waals surface area contributed by atoms with E-state index in [0.29, 0.717) is 18.9 Å². The predicted molar refractivity (Wildman–Crippen MR) is 118 cm³/mol. The van der Waals surface area contributed by atoms with Crippen molar-refractivity contribution in [1.82, 2.24) is 4.72 Å². The Morgan fingerprint density at radius 2 is 1.94 bits per heavy atom. The van der Waals surface area contributed by atoms with Crippen molar-refractivity contribution in [2.45, 2.75) is 37.0 Å². The number of anilines is 1. The summed E-state index contributed by atoms with van der Waals surface area (Å²) in [6, 6.07) is 15.2. The van der Waals surface area contributed by atoms with Crippen molar-refractivity contribution in [2.75, 3.05) is 12.4 Å². The summed E-state index contributed by atoms with van der Waals surface area (Å²) in [5.41, 5.74) is 1.66. The van der Waals surface area contributed by atoms with E-state index in [-0.39, 0.29) is 22.3 Å². The fourth-order valence-corrected chi connectivity index (χ4v) is 4.62. The van der Waals surface area contributed by atoms with Crippen LogP contribution in [0.5, 0.6) is 5.75 Å². The number of hydrogen-bond donors (Lipinski definition) is 2. The van der Waals surface area contributed by atoms with E-state index in [2.05, 4.69) is 10.0 Å². The zero-order chi connectivity index (χ0) is 22.6. The normalized spacial score (nSPS) is 13.7. The van der Waals surface area contributed by atoms with Gasteiger partial charge in [-0.05, 0) is 60.9 Å². The smallest absolute Gasteiger partial charge is 0.255 e. The number of benzene rings is 2. The Morgan fingerprint density at radius 3 is 2.66 bits per heavy atom. The average molecular weight is 457 g/mol. The first-order chi connectivity index (χ1) is 15.4. The number of amides is 1. The van der Waals surface area contributed by atoms with Crippen LogP contribution in [0.25, 0.3) is 0 Å². The fourth-order valence-electron chi connectivity index (χ4n) is 3.12. The van der Waals surface area contributed by atoms with Gasteiger partial charge in [-0.3, -0.25) is 4.79 Å². The quantitative estimate of drug-likeness (QED) is 0.482. The van der Waals surface area contributed by atoms with Gasteiger partial charge in [-0.1, -0.05) is 12.1 Å². The molecule has 168 valence electrons. The maximum Gasteiger partial charge on any atom is 0.255 e. The third-order valence-corrected chi connectivity index (χ3v) is 6.43. The third kappa shape index (κ3) is 5.56. The first kappa shape index (κ1) is 22.1. The monoisotopic (exact) mass is 456 g/mol. The minimum absolute atomic E-state index is 0.0556. The summed E-state index contributed by atoms with van der Waals surface area (Å²) in [5, 5.41) is 2.80. The number of hydrogen-bond acceptors (Lipinski definition) is 6. The lowest BCUT2D eigenvalue weighted by atomic mass is 10.1. The Kier molecular flexibility index (Phi) is 6.59. The van der Waals surface area contributed by atoms with E-state index in [1.54, 1.807) is 24.5 Å². The van der Waals surface area contributed by atoms with Crippen LogP contribution in [0, 0.1) is 0 Å². The number of furan rings is 1. The molecule has 0 bridgehead atoms. The molecule has 0 spiro atoms. The molecule has 9 heteroatoms. The largest absolute Gasteiger partial charge is 0.495 e. The highest BCUT2D eigenvalue weighted by molar-refractivity contribution is 7.89. The van der Waals surface area contributed by atoms with Crippen LogP contribution in [-0.4, -0.2) is 27.5 Å². The second kappa shape index (κ2) is 9.56. The molecule has 0 radical (unpaired) electrons. The second-order valence-corrected chi connectivity index (χ2v) is 9.17.